The third-order valence-corrected chi connectivity index (χ3v) is 3.17. The second kappa shape index (κ2) is 5.74. The van der Waals surface area contributed by atoms with Crippen molar-refractivity contribution in [3.63, 3.8) is 0 Å². The fraction of sp³-hybridized carbons (Fsp3) is 0.188. The van der Waals surface area contributed by atoms with Crippen LogP contribution < -0.4 is 9.64 Å². The molecule has 3 nitrogen and oxygen atoms in total. The van der Waals surface area contributed by atoms with Gasteiger partial charge in [0.25, 0.3) is 5.91 Å². The molecule has 104 valence electrons. The molecule has 0 aliphatic rings. The van der Waals surface area contributed by atoms with Crippen molar-refractivity contribution in [2.24, 2.45) is 0 Å². The first-order valence-electron chi connectivity index (χ1n) is 6.22. The second-order valence-electron chi connectivity index (χ2n) is 4.50. The lowest BCUT2D eigenvalue weighted by Gasteiger charge is -2.20. The largest absolute Gasteiger partial charge is 0.495 e. The van der Waals surface area contributed by atoms with Gasteiger partial charge in [-0.25, -0.2) is 4.39 Å². The molecule has 0 aliphatic heterocycles. The minimum atomic E-state index is -0.348. The van der Waals surface area contributed by atoms with Gasteiger partial charge in [0.2, 0.25) is 0 Å². The van der Waals surface area contributed by atoms with E-state index in [0.29, 0.717) is 22.6 Å². The van der Waals surface area contributed by atoms with Crippen molar-refractivity contribution >= 4 is 11.6 Å². The first-order valence-corrected chi connectivity index (χ1v) is 6.22. The molecular formula is C16H16FNO2. The van der Waals surface area contributed by atoms with E-state index in [2.05, 4.69) is 0 Å². The molecule has 0 aromatic heterocycles. The fourth-order valence-corrected chi connectivity index (χ4v) is 2.06. The molecule has 0 bridgehead atoms. The van der Waals surface area contributed by atoms with Crippen molar-refractivity contribution in [2.75, 3.05) is 19.1 Å². The van der Waals surface area contributed by atoms with E-state index < -0.39 is 0 Å². The summed E-state index contributed by atoms with van der Waals surface area (Å²) >= 11 is 0. The van der Waals surface area contributed by atoms with E-state index in [1.54, 1.807) is 33.2 Å². The van der Waals surface area contributed by atoms with Gasteiger partial charge in [-0.05, 0) is 42.8 Å². The topological polar surface area (TPSA) is 29.5 Å². The fourth-order valence-electron chi connectivity index (χ4n) is 2.06. The number of amides is 1. The van der Waals surface area contributed by atoms with Gasteiger partial charge in [-0.1, -0.05) is 12.1 Å². The highest BCUT2D eigenvalue weighted by Crippen LogP contribution is 2.28. The zero-order chi connectivity index (χ0) is 14.7. The lowest BCUT2D eigenvalue weighted by molar-refractivity contribution is 0.0991. The molecule has 0 saturated carbocycles. The van der Waals surface area contributed by atoms with Crippen LogP contribution in [0.1, 0.15) is 15.9 Å². The van der Waals surface area contributed by atoms with Crippen LogP contribution in [0.25, 0.3) is 0 Å². The number of ether oxygens (including phenoxy) is 1. The Kier molecular flexibility index (Phi) is 4.03. The van der Waals surface area contributed by atoms with Crippen molar-refractivity contribution in [3.8, 4) is 5.75 Å². The lowest BCUT2D eigenvalue weighted by Crippen LogP contribution is -2.27. The van der Waals surface area contributed by atoms with Crippen molar-refractivity contribution in [1.29, 1.82) is 0 Å². The predicted molar refractivity (Wildman–Crippen MR) is 76.9 cm³/mol. The van der Waals surface area contributed by atoms with Gasteiger partial charge in [0, 0.05) is 12.6 Å². The number of hydrogen-bond acceptors (Lipinski definition) is 2. The Morgan fingerprint density at radius 2 is 1.90 bits per heavy atom. The summed E-state index contributed by atoms with van der Waals surface area (Å²) in [6, 6.07) is 11.4. The third kappa shape index (κ3) is 2.64. The van der Waals surface area contributed by atoms with Crippen LogP contribution in [0.2, 0.25) is 0 Å². The molecule has 0 heterocycles. The van der Waals surface area contributed by atoms with Crippen LogP contribution in [-0.2, 0) is 0 Å². The number of nitrogens with zero attached hydrogens (tertiary/aromatic N) is 1. The zero-order valence-electron chi connectivity index (χ0n) is 11.7. The van der Waals surface area contributed by atoms with Crippen LogP contribution in [0.5, 0.6) is 5.75 Å². The molecule has 0 unspecified atom stereocenters. The molecule has 1 amide bonds. The van der Waals surface area contributed by atoms with E-state index in [9.17, 15) is 9.18 Å². The van der Waals surface area contributed by atoms with Crippen LogP contribution in [-0.4, -0.2) is 20.1 Å². The molecule has 0 saturated heterocycles. The maximum absolute atomic E-state index is 13.1. The average Bonchev–Trinajstić information content (AvgIpc) is 2.45. The smallest absolute Gasteiger partial charge is 0.258 e. The lowest BCUT2D eigenvalue weighted by atomic mass is 10.1. The summed E-state index contributed by atoms with van der Waals surface area (Å²) in [5.41, 5.74) is 1.75. The van der Waals surface area contributed by atoms with E-state index >= 15 is 0 Å². The van der Waals surface area contributed by atoms with Crippen LogP contribution in [0, 0.1) is 12.7 Å². The van der Waals surface area contributed by atoms with Crippen LogP contribution in [0.3, 0.4) is 0 Å². The van der Waals surface area contributed by atoms with E-state index in [-0.39, 0.29) is 11.7 Å². The standard InChI is InChI=1S/C16H16FNO2/c1-11-10-12(17)8-9-13(11)16(19)18(2)14-6-4-5-7-15(14)20-3/h4-10H,1-3H3. The minimum Gasteiger partial charge on any atom is -0.495 e. The highest BCUT2D eigenvalue weighted by Gasteiger charge is 2.18. The number of methoxy groups -OCH3 is 1. The summed E-state index contributed by atoms with van der Waals surface area (Å²) in [5.74, 6) is 0.0640. The average molecular weight is 273 g/mol. The third-order valence-electron chi connectivity index (χ3n) is 3.17. The SMILES string of the molecule is COc1ccccc1N(C)C(=O)c1ccc(F)cc1C. The molecule has 2 rings (SSSR count). The molecule has 4 heteroatoms. The van der Waals surface area contributed by atoms with Crippen molar-refractivity contribution in [3.05, 3.63) is 59.4 Å². The molecule has 0 atom stereocenters. The van der Waals surface area contributed by atoms with E-state index in [0.717, 1.165) is 0 Å². The number of para-hydroxylation sites is 2. The number of rotatable bonds is 3. The van der Waals surface area contributed by atoms with Crippen LogP contribution in [0.4, 0.5) is 10.1 Å². The van der Waals surface area contributed by atoms with E-state index in [4.69, 9.17) is 4.74 Å². The van der Waals surface area contributed by atoms with Crippen LogP contribution >= 0.6 is 0 Å². The monoisotopic (exact) mass is 273 g/mol. The molecule has 0 radical (unpaired) electrons. The number of carbonyl (C=O) groups is 1. The molecular weight excluding hydrogens is 257 g/mol. The van der Waals surface area contributed by atoms with Crippen LogP contribution in [0.15, 0.2) is 42.5 Å². The number of anilines is 1. The van der Waals surface area contributed by atoms with Crippen molar-refractivity contribution < 1.29 is 13.9 Å². The van der Waals surface area contributed by atoms with Gasteiger partial charge >= 0.3 is 0 Å². The molecule has 2 aromatic rings. The Hall–Kier alpha value is -2.36. The summed E-state index contributed by atoms with van der Waals surface area (Å²) in [4.78, 5) is 14.0. The first kappa shape index (κ1) is 14.1. The van der Waals surface area contributed by atoms with E-state index in [1.807, 2.05) is 12.1 Å². The van der Waals surface area contributed by atoms with Crippen molar-refractivity contribution in [1.82, 2.24) is 0 Å². The zero-order valence-corrected chi connectivity index (χ0v) is 11.7. The molecule has 0 N–H and O–H groups in total. The summed E-state index contributed by atoms with van der Waals surface area (Å²) in [5, 5.41) is 0. The first-order chi connectivity index (χ1) is 9.54. The van der Waals surface area contributed by atoms with Gasteiger partial charge in [-0.15, -0.1) is 0 Å². The number of aryl methyl sites for hydroxylation is 1. The highest BCUT2D eigenvalue weighted by molar-refractivity contribution is 6.07. The Balaban J connectivity index is 2.37. The summed E-state index contributed by atoms with van der Waals surface area (Å²) in [7, 11) is 3.23. The number of benzene rings is 2. The van der Waals surface area contributed by atoms with Gasteiger partial charge in [0.1, 0.15) is 11.6 Å². The van der Waals surface area contributed by atoms with Gasteiger partial charge < -0.3 is 9.64 Å². The number of hydrogen-bond donors (Lipinski definition) is 0. The Bertz CT molecular complexity index is 640. The molecule has 0 aliphatic carbocycles. The van der Waals surface area contributed by atoms with Gasteiger partial charge in [0.15, 0.2) is 0 Å². The number of carbonyl (C=O) groups excluding carboxylic acids is 1. The Morgan fingerprint density at radius 3 is 2.55 bits per heavy atom. The quantitative estimate of drug-likeness (QED) is 0.857. The normalized spacial score (nSPS) is 10.2. The summed E-state index contributed by atoms with van der Waals surface area (Å²) < 4.78 is 18.4. The van der Waals surface area contributed by atoms with Gasteiger partial charge in [-0.3, -0.25) is 4.79 Å². The maximum Gasteiger partial charge on any atom is 0.258 e. The molecule has 0 spiro atoms. The van der Waals surface area contributed by atoms with Gasteiger partial charge in [-0.2, -0.15) is 0 Å². The molecule has 2 aromatic carbocycles. The van der Waals surface area contributed by atoms with Gasteiger partial charge in [0.05, 0.1) is 12.8 Å². The Morgan fingerprint density at radius 1 is 1.20 bits per heavy atom. The molecule has 20 heavy (non-hydrogen) atoms. The molecule has 0 fully saturated rings. The predicted octanol–water partition coefficient (Wildman–Crippen LogP) is 3.42. The minimum absolute atomic E-state index is 0.202. The van der Waals surface area contributed by atoms with Crippen molar-refractivity contribution in [2.45, 2.75) is 6.92 Å². The Labute approximate surface area is 117 Å². The number of halogens is 1. The highest BCUT2D eigenvalue weighted by atomic mass is 19.1. The summed E-state index contributed by atoms with van der Waals surface area (Å²) in [6.45, 7) is 1.71. The summed E-state index contributed by atoms with van der Waals surface area (Å²) in [6.07, 6.45) is 0. The van der Waals surface area contributed by atoms with E-state index in [1.165, 1.54) is 23.1 Å². The second-order valence-corrected chi connectivity index (χ2v) is 4.50. The maximum atomic E-state index is 13.1.